The number of hydrogen-bond donors (Lipinski definition) is 1. The zero-order chi connectivity index (χ0) is 8.53. The van der Waals surface area contributed by atoms with E-state index in [4.69, 9.17) is 0 Å². The summed E-state index contributed by atoms with van der Waals surface area (Å²) in [5.41, 5.74) is 0. The maximum atomic E-state index is 4.20. The molecule has 0 aromatic rings. The minimum atomic E-state index is 0.925. The zero-order valence-corrected chi connectivity index (χ0v) is 8.87. The SMILES string of the molecule is CCCCCC(C)CCCS. The molecule has 0 amide bonds. The van der Waals surface area contributed by atoms with Gasteiger partial charge < -0.3 is 0 Å². The van der Waals surface area contributed by atoms with Crippen LogP contribution in [0, 0.1) is 5.92 Å². The largest absolute Gasteiger partial charge is 0.179 e. The van der Waals surface area contributed by atoms with Gasteiger partial charge in [-0.1, -0.05) is 39.5 Å². The lowest BCUT2D eigenvalue weighted by Crippen LogP contribution is -1.94. The van der Waals surface area contributed by atoms with Crippen molar-refractivity contribution < 1.29 is 0 Å². The van der Waals surface area contributed by atoms with E-state index < -0.39 is 0 Å². The molecule has 0 radical (unpaired) electrons. The second-order valence-electron chi connectivity index (χ2n) is 3.47. The van der Waals surface area contributed by atoms with Gasteiger partial charge in [-0.3, -0.25) is 0 Å². The molecule has 0 bridgehead atoms. The van der Waals surface area contributed by atoms with Crippen LogP contribution < -0.4 is 0 Å². The molecule has 0 heterocycles. The maximum Gasteiger partial charge on any atom is -0.00978 e. The summed E-state index contributed by atoms with van der Waals surface area (Å²) >= 11 is 4.20. The van der Waals surface area contributed by atoms with Gasteiger partial charge in [-0.25, -0.2) is 0 Å². The van der Waals surface area contributed by atoms with Gasteiger partial charge in [0.05, 0.1) is 0 Å². The Balaban J connectivity index is 3.02. The van der Waals surface area contributed by atoms with Gasteiger partial charge >= 0.3 is 0 Å². The van der Waals surface area contributed by atoms with E-state index in [0.29, 0.717) is 0 Å². The first-order valence-electron chi connectivity index (χ1n) is 4.92. The lowest BCUT2D eigenvalue weighted by atomic mass is 9.99. The Morgan fingerprint density at radius 1 is 1.09 bits per heavy atom. The van der Waals surface area contributed by atoms with Crippen molar-refractivity contribution in [3.8, 4) is 0 Å². The fourth-order valence-electron chi connectivity index (χ4n) is 1.33. The van der Waals surface area contributed by atoms with Gasteiger partial charge in [0.25, 0.3) is 0 Å². The van der Waals surface area contributed by atoms with Gasteiger partial charge in [-0.15, -0.1) is 0 Å². The normalized spacial score (nSPS) is 13.4. The highest BCUT2D eigenvalue weighted by Crippen LogP contribution is 2.14. The van der Waals surface area contributed by atoms with Crippen LogP contribution in [-0.2, 0) is 0 Å². The molecule has 1 atom stereocenters. The van der Waals surface area contributed by atoms with Crippen molar-refractivity contribution in [2.75, 3.05) is 5.75 Å². The molecule has 0 spiro atoms. The molecule has 0 aromatic heterocycles. The maximum absolute atomic E-state index is 4.20. The Labute approximate surface area is 77.2 Å². The van der Waals surface area contributed by atoms with E-state index in [0.717, 1.165) is 11.7 Å². The Kier molecular flexibility index (Phi) is 8.72. The van der Waals surface area contributed by atoms with Gasteiger partial charge in [0.15, 0.2) is 0 Å². The van der Waals surface area contributed by atoms with Crippen molar-refractivity contribution in [3.63, 3.8) is 0 Å². The molecule has 0 rings (SSSR count). The summed E-state index contributed by atoms with van der Waals surface area (Å²) in [6, 6.07) is 0. The topological polar surface area (TPSA) is 0 Å². The first kappa shape index (κ1) is 11.4. The molecule has 0 fully saturated rings. The lowest BCUT2D eigenvalue weighted by Gasteiger charge is -2.08. The highest BCUT2D eigenvalue weighted by Gasteiger charge is 1.99. The summed E-state index contributed by atoms with van der Waals surface area (Å²) in [5.74, 6) is 1.98. The predicted octanol–water partition coefficient (Wildman–Crippen LogP) is 3.91. The number of hydrogen-bond acceptors (Lipinski definition) is 1. The second-order valence-corrected chi connectivity index (χ2v) is 3.91. The molecule has 0 saturated carbocycles. The van der Waals surface area contributed by atoms with E-state index >= 15 is 0 Å². The highest BCUT2D eigenvalue weighted by molar-refractivity contribution is 7.80. The molecule has 1 heteroatoms. The molecule has 0 aliphatic rings. The van der Waals surface area contributed by atoms with Crippen LogP contribution in [0.2, 0.25) is 0 Å². The van der Waals surface area contributed by atoms with Gasteiger partial charge in [-0.05, 0) is 24.5 Å². The molecule has 68 valence electrons. The van der Waals surface area contributed by atoms with Crippen LogP contribution >= 0.6 is 12.6 Å². The molecule has 0 N–H and O–H groups in total. The van der Waals surface area contributed by atoms with Gasteiger partial charge in [-0.2, -0.15) is 12.6 Å². The average Bonchev–Trinajstić information content (AvgIpc) is 2.01. The molecule has 0 saturated heterocycles. The second kappa shape index (κ2) is 8.45. The van der Waals surface area contributed by atoms with E-state index in [1.165, 1.54) is 38.5 Å². The van der Waals surface area contributed by atoms with Crippen LogP contribution in [0.25, 0.3) is 0 Å². The molecule has 0 aliphatic carbocycles. The highest BCUT2D eigenvalue weighted by atomic mass is 32.1. The van der Waals surface area contributed by atoms with Crippen LogP contribution in [0.3, 0.4) is 0 Å². The Morgan fingerprint density at radius 2 is 1.73 bits per heavy atom. The van der Waals surface area contributed by atoms with Crippen molar-refractivity contribution in [1.29, 1.82) is 0 Å². The van der Waals surface area contributed by atoms with Crippen molar-refractivity contribution in [2.45, 2.75) is 52.4 Å². The molecule has 0 nitrogen and oxygen atoms in total. The van der Waals surface area contributed by atoms with E-state index in [2.05, 4.69) is 26.5 Å². The van der Waals surface area contributed by atoms with E-state index in [1.807, 2.05) is 0 Å². The number of thiol groups is 1. The minimum absolute atomic E-state index is 0.925. The summed E-state index contributed by atoms with van der Waals surface area (Å²) in [5, 5.41) is 0. The minimum Gasteiger partial charge on any atom is -0.179 e. The van der Waals surface area contributed by atoms with E-state index in [-0.39, 0.29) is 0 Å². The monoisotopic (exact) mass is 174 g/mol. The smallest absolute Gasteiger partial charge is 0.00978 e. The average molecular weight is 174 g/mol. The quantitative estimate of drug-likeness (QED) is 0.439. The Bertz CT molecular complexity index is 71.3. The van der Waals surface area contributed by atoms with Crippen molar-refractivity contribution in [1.82, 2.24) is 0 Å². The molecular formula is C10H22S. The summed E-state index contributed by atoms with van der Waals surface area (Å²) in [6.45, 7) is 4.62. The molecule has 11 heavy (non-hydrogen) atoms. The van der Waals surface area contributed by atoms with Crippen molar-refractivity contribution in [3.05, 3.63) is 0 Å². The third kappa shape index (κ3) is 8.25. The van der Waals surface area contributed by atoms with Gasteiger partial charge in [0, 0.05) is 0 Å². The summed E-state index contributed by atoms with van der Waals surface area (Å²) in [4.78, 5) is 0. The van der Waals surface area contributed by atoms with Crippen LogP contribution in [0.15, 0.2) is 0 Å². The third-order valence-electron chi connectivity index (χ3n) is 2.16. The molecule has 0 aromatic carbocycles. The summed E-state index contributed by atoms with van der Waals surface area (Å²) in [7, 11) is 0. The molecule has 0 aliphatic heterocycles. The molecule has 1 unspecified atom stereocenters. The van der Waals surface area contributed by atoms with Crippen molar-refractivity contribution in [2.24, 2.45) is 5.92 Å². The number of rotatable bonds is 7. The Hall–Kier alpha value is 0.350. The summed E-state index contributed by atoms with van der Waals surface area (Å²) < 4.78 is 0. The van der Waals surface area contributed by atoms with Gasteiger partial charge in [0.2, 0.25) is 0 Å². The number of unbranched alkanes of at least 4 members (excludes halogenated alkanes) is 2. The van der Waals surface area contributed by atoms with Gasteiger partial charge in [0.1, 0.15) is 0 Å². The first-order valence-corrected chi connectivity index (χ1v) is 5.55. The predicted molar refractivity (Wildman–Crippen MR) is 56.4 cm³/mol. The van der Waals surface area contributed by atoms with Crippen molar-refractivity contribution >= 4 is 12.6 Å². The lowest BCUT2D eigenvalue weighted by molar-refractivity contribution is 0.461. The standard InChI is InChI=1S/C10H22S/c1-3-4-5-7-10(2)8-6-9-11/h10-11H,3-9H2,1-2H3. The van der Waals surface area contributed by atoms with Crippen LogP contribution in [0.5, 0.6) is 0 Å². The van der Waals surface area contributed by atoms with E-state index in [9.17, 15) is 0 Å². The molecular weight excluding hydrogens is 152 g/mol. The van der Waals surface area contributed by atoms with E-state index in [1.54, 1.807) is 0 Å². The third-order valence-corrected chi connectivity index (χ3v) is 2.47. The summed E-state index contributed by atoms with van der Waals surface area (Å²) in [6.07, 6.45) is 8.25. The van der Waals surface area contributed by atoms with Crippen LogP contribution in [0.4, 0.5) is 0 Å². The fraction of sp³-hybridized carbons (Fsp3) is 1.00. The first-order chi connectivity index (χ1) is 5.31. The zero-order valence-electron chi connectivity index (χ0n) is 7.97. The Morgan fingerprint density at radius 3 is 2.27 bits per heavy atom. The fourth-order valence-corrected chi connectivity index (χ4v) is 1.51. The van der Waals surface area contributed by atoms with Crippen LogP contribution in [0.1, 0.15) is 52.4 Å². The van der Waals surface area contributed by atoms with Crippen LogP contribution in [-0.4, -0.2) is 5.75 Å².